The zero-order valence-electron chi connectivity index (χ0n) is 10.4. The first kappa shape index (κ1) is 10.6. The predicted octanol–water partition coefficient (Wildman–Crippen LogP) is 2.06. The number of methoxy groups -OCH3 is 1. The SMILES string of the molecule is COc1nccc2c(C)c(C)n(CC3CO3)c12. The molecule has 0 bridgehead atoms. The maximum absolute atomic E-state index is 5.37. The highest BCUT2D eigenvalue weighted by molar-refractivity contribution is 5.88. The Kier molecular flexibility index (Phi) is 2.33. The van der Waals surface area contributed by atoms with Crippen LogP contribution in [0.4, 0.5) is 0 Å². The molecule has 1 atom stereocenters. The van der Waals surface area contributed by atoms with Crippen molar-refractivity contribution in [3.8, 4) is 5.88 Å². The van der Waals surface area contributed by atoms with Gasteiger partial charge in [-0.1, -0.05) is 0 Å². The molecule has 0 radical (unpaired) electrons. The number of fused-ring (bicyclic) bond motifs is 1. The molecule has 0 amide bonds. The van der Waals surface area contributed by atoms with Crippen LogP contribution < -0.4 is 4.74 Å². The summed E-state index contributed by atoms with van der Waals surface area (Å²) in [5, 5.41) is 1.22. The second kappa shape index (κ2) is 3.74. The van der Waals surface area contributed by atoms with Gasteiger partial charge in [0, 0.05) is 17.3 Å². The molecule has 0 aromatic carbocycles. The summed E-state index contributed by atoms with van der Waals surface area (Å²) in [6, 6.07) is 2.05. The smallest absolute Gasteiger partial charge is 0.238 e. The zero-order chi connectivity index (χ0) is 12.0. The number of hydrogen-bond acceptors (Lipinski definition) is 3. The van der Waals surface area contributed by atoms with E-state index in [4.69, 9.17) is 9.47 Å². The molecule has 1 aliphatic rings. The monoisotopic (exact) mass is 232 g/mol. The average Bonchev–Trinajstić information content (AvgIpc) is 3.13. The van der Waals surface area contributed by atoms with E-state index < -0.39 is 0 Å². The molecule has 2 aromatic heterocycles. The van der Waals surface area contributed by atoms with Crippen molar-refractivity contribution in [2.75, 3.05) is 13.7 Å². The number of nitrogens with zero attached hydrogens (tertiary/aromatic N) is 2. The van der Waals surface area contributed by atoms with E-state index in [9.17, 15) is 0 Å². The van der Waals surface area contributed by atoms with E-state index in [1.807, 2.05) is 6.07 Å². The summed E-state index contributed by atoms with van der Waals surface area (Å²) in [7, 11) is 1.66. The average molecular weight is 232 g/mol. The van der Waals surface area contributed by atoms with Crippen molar-refractivity contribution in [1.29, 1.82) is 0 Å². The van der Waals surface area contributed by atoms with E-state index in [1.165, 1.54) is 16.6 Å². The van der Waals surface area contributed by atoms with Gasteiger partial charge in [-0.3, -0.25) is 0 Å². The number of aryl methyl sites for hydroxylation is 1. The fourth-order valence-electron chi connectivity index (χ4n) is 2.32. The first-order valence-corrected chi connectivity index (χ1v) is 5.82. The molecule has 1 fully saturated rings. The van der Waals surface area contributed by atoms with Gasteiger partial charge in [0.25, 0.3) is 0 Å². The summed E-state index contributed by atoms with van der Waals surface area (Å²) in [6.45, 7) is 6.03. The topological polar surface area (TPSA) is 39.6 Å². The van der Waals surface area contributed by atoms with Crippen LogP contribution in [0, 0.1) is 13.8 Å². The van der Waals surface area contributed by atoms with E-state index in [0.29, 0.717) is 12.0 Å². The molecule has 1 unspecified atom stereocenters. The minimum atomic E-state index is 0.355. The molecule has 3 rings (SSSR count). The third-order valence-corrected chi connectivity index (χ3v) is 3.49. The van der Waals surface area contributed by atoms with Crippen molar-refractivity contribution >= 4 is 10.9 Å². The Morgan fingerprint density at radius 2 is 2.29 bits per heavy atom. The first-order valence-electron chi connectivity index (χ1n) is 5.82. The molecule has 4 heteroatoms. The van der Waals surface area contributed by atoms with E-state index >= 15 is 0 Å². The number of ether oxygens (including phenoxy) is 2. The minimum absolute atomic E-state index is 0.355. The Balaban J connectivity index is 2.26. The molecule has 17 heavy (non-hydrogen) atoms. The number of epoxide rings is 1. The van der Waals surface area contributed by atoms with Gasteiger partial charge in [-0.25, -0.2) is 4.98 Å². The summed E-state index contributed by atoms with van der Waals surface area (Å²) in [5.74, 6) is 0.694. The van der Waals surface area contributed by atoms with Gasteiger partial charge >= 0.3 is 0 Å². The van der Waals surface area contributed by atoms with Gasteiger partial charge in [0.05, 0.1) is 26.4 Å². The Bertz CT molecular complexity index is 570. The lowest BCUT2D eigenvalue weighted by atomic mass is 10.2. The summed E-state index contributed by atoms with van der Waals surface area (Å²) in [4.78, 5) is 4.28. The lowest BCUT2D eigenvalue weighted by Crippen LogP contribution is -2.06. The second-order valence-corrected chi connectivity index (χ2v) is 4.49. The summed E-state index contributed by atoms with van der Waals surface area (Å²) >= 11 is 0. The van der Waals surface area contributed by atoms with Crippen LogP contribution in [0.1, 0.15) is 11.3 Å². The van der Waals surface area contributed by atoms with Crippen LogP contribution in [-0.2, 0) is 11.3 Å². The lowest BCUT2D eigenvalue weighted by Gasteiger charge is -2.08. The summed E-state index contributed by atoms with van der Waals surface area (Å²) in [5.41, 5.74) is 3.64. The third kappa shape index (κ3) is 1.60. The maximum atomic E-state index is 5.37. The minimum Gasteiger partial charge on any atom is -0.479 e. The molecular formula is C13H16N2O2. The highest BCUT2D eigenvalue weighted by atomic mass is 16.6. The third-order valence-electron chi connectivity index (χ3n) is 3.49. The fraction of sp³-hybridized carbons (Fsp3) is 0.462. The molecular weight excluding hydrogens is 216 g/mol. The van der Waals surface area contributed by atoms with Crippen molar-refractivity contribution < 1.29 is 9.47 Å². The van der Waals surface area contributed by atoms with Crippen molar-refractivity contribution in [3.63, 3.8) is 0 Å². The molecule has 1 aliphatic heterocycles. The molecule has 0 N–H and O–H groups in total. The van der Waals surface area contributed by atoms with Crippen LogP contribution in [0.5, 0.6) is 5.88 Å². The largest absolute Gasteiger partial charge is 0.479 e. The van der Waals surface area contributed by atoms with Crippen LogP contribution in [0.3, 0.4) is 0 Å². The maximum Gasteiger partial charge on any atom is 0.238 e. The van der Waals surface area contributed by atoms with Gasteiger partial charge in [-0.15, -0.1) is 0 Å². The molecule has 0 aliphatic carbocycles. The Hall–Kier alpha value is -1.55. The summed E-state index contributed by atoms with van der Waals surface area (Å²) in [6.07, 6.45) is 2.15. The van der Waals surface area contributed by atoms with Crippen molar-refractivity contribution in [3.05, 3.63) is 23.5 Å². The van der Waals surface area contributed by atoms with Gasteiger partial charge in [-0.05, 0) is 25.5 Å². The van der Waals surface area contributed by atoms with E-state index in [2.05, 4.69) is 23.4 Å². The van der Waals surface area contributed by atoms with E-state index in [-0.39, 0.29) is 0 Å². The van der Waals surface area contributed by atoms with Crippen LogP contribution >= 0.6 is 0 Å². The Morgan fingerprint density at radius 1 is 1.53 bits per heavy atom. The van der Waals surface area contributed by atoms with Crippen molar-refractivity contribution in [2.24, 2.45) is 0 Å². The van der Waals surface area contributed by atoms with Gasteiger partial charge < -0.3 is 14.0 Å². The highest BCUT2D eigenvalue weighted by Gasteiger charge is 2.26. The molecule has 1 saturated heterocycles. The Morgan fingerprint density at radius 3 is 2.94 bits per heavy atom. The highest BCUT2D eigenvalue weighted by Crippen LogP contribution is 2.31. The van der Waals surface area contributed by atoms with Crippen LogP contribution in [-0.4, -0.2) is 29.4 Å². The zero-order valence-corrected chi connectivity index (χ0v) is 10.4. The van der Waals surface area contributed by atoms with Crippen molar-refractivity contribution in [1.82, 2.24) is 9.55 Å². The first-order chi connectivity index (χ1) is 8.22. The van der Waals surface area contributed by atoms with E-state index in [1.54, 1.807) is 13.3 Å². The number of hydrogen-bond donors (Lipinski definition) is 0. The molecule has 0 saturated carbocycles. The quantitative estimate of drug-likeness (QED) is 0.760. The van der Waals surface area contributed by atoms with Crippen LogP contribution in [0.25, 0.3) is 10.9 Å². The van der Waals surface area contributed by atoms with Gasteiger partial charge in [-0.2, -0.15) is 0 Å². The molecule has 0 spiro atoms. The predicted molar refractivity (Wildman–Crippen MR) is 65.5 cm³/mol. The normalized spacial score (nSPS) is 18.6. The summed E-state index contributed by atoms with van der Waals surface area (Å²) < 4.78 is 12.9. The second-order valence-electron chi connectivity index (χ2n) is 4.49. The molecule has 4 nitrogen and oxygen atoms in total. The standard InChI is InChI=1S/C13H16N2O2/c1-8-9(2)15(6-10-7-17-10)12-11(8)4-5-14-13(12)16-3/h4-5,10H,6-7H2,1-3H3. The van der Waals surface area contributed by atoms with Crippen LogP contribution in [0.15, 0.2) is 12.3 Å². The molecule has 90 valence electrons. The van der Waals surface area contributed by atoms with Gasteiger partial charge in [0.15, 0.2) is 0 Å². The molecule has 3 heterocycles. The number of aromatic nitrogens is 2. The molecule has 2 aromatic rings. The van der Waals surface area contributed by atoms with Gasteiger partial charge in [0.2, 0.25) is 5.88 Å². The van der Waals surface area contributed by atoms with Crippen LogP contribution in [0.2, 0.25) is 0 Å². The van der Waals surface area contributed by atoms with Crippen molar-refractivity contribution in [2.45, 2.75) is 26.5 Å². The number of rotatable bonds is 3. The van der Waals surface area contributed by atoms with Gasteiger partial charge in [0.1, 0.15) is 5.52 Å². The van der Waals surface area contributed by atoms with E-state index in [0.717, 1.165) is 18.7 Å². The lowest BCUT2D eigenvalue weighted by molar-refractivity contribution is 0.379. The number of pyridine rings is 1. The Labute approximate surface area is 100 Å². The fourth-order valence-corrected chi connectivity index (χ4v) is 2.32.